The molecule has 1 unspecified atom stereocenters. The molecule has 0 aromatic carbocycles. The molecule has 0 aromatic heterocycles. The summed E-state index contributed by atoms with van der Waals surface area (Å²) in [7, 11) is 1.83. The van der Waals surface area contributed by atoms with E-state index in [1.165, 1.54) is 12.8 Å². The summed E-state index contributed by atoms with van der Waals surface area (Å²) in [6.07, 6.45) is 4.50. The SMILES string of the molecule is CCCCNC(/C=N/C)C(C)C. The van der Waals surface area contributed by atoms with Crippen molar-refractivity contribution in [1.82, 2.24) is 5.32 Å². The van der Waals surface area contributed by atoms with Gasteiger partial charge in [0.05, 0.1) is 0 Å². The first-order chi connectivity index (χ1) is 5.72. The maximum Gasteiger partial charge on any atom is 0.0443 e. The Kier molecular flexibility index (Phi) is 7.06. The second-order valence-electron chi connectivity index (χ2n) is 3.48. The van der Waals surface area contributed by atoms with E-state index >= 15 is 0 Å². The molecule has 0 fully saturated rings. The van der Waals surface area contributed by atoms with Crippen LogP contribution in [-0.4, -0.2) is 25.8 Å². The van der Waals surface area contributed by atoms with E-state index in [1.807, 2.05) is 13.3 Å². The first-order valence-corrected chi connectivity index (χ1v) is 4.88. The molecule has 0 amide bonds. The van der Waals surface area contributed by atoms with Crippen molar-refractivity contribution < 1.29 is 0 Å². The Morgan fingerprint density at radius 3 is 2.50 bits per heavy atom. The highest BCUT2D eigenvalue weighted by molar-refractivity contribution is 5.64. The second-order valence-corrected chi connectivity index (χ2v) is 3.48. The topological polar surface area (TPSA) is 24.4 Å². The molecule has 12 heavy (non-hydrogen) atoms. The summed E-state index contributed by atoms with van der Waals surface area (Å²) >= 11 is 0. The van der Waals surface area contributed by atoms with E-state index in [0.29, 0.717) is 12.0 Å². The highest BCUT2D eigenvalue weighted by Crippen LogP contribution is 1.99. The Hall–Kier alpha value is -0.370. The molecule has 0 aliphatic rings. The lowest BCUT2D eigenvalue weighted by Gasteiger charge is -2.17. The van der Waals surface area contributed by atoms with Crippen LogP contribution in [0.15, 0.2) is 4.99 Å². The average molecular weight is 170 g/mol. The van der Waals surface area contributed by atoms with Gasteiger partial charge in [-0.25, -0.2) is 0 Å². The molecule has 2 heteroatoms. The van der Waals surface area contributed by atoms with Crippen molar-refractivity contribution in [1.29, 1.82) is 0 Å². The van der Waals surface area contributed by atoms with Crippen LogP contribution in [0.3, 0.4) is 0 Å². The summed E-state index contributed by atoms with van der Waals surface area (Å²) in [5.74, 6) is 0.630. The zero-order valence-corrected chi connectivity index (χ0v) is 8.80. The molecule has 0 saturated heterocycles. The smallest absolute Gasteiger partial charge is 0.0443 e. The highest BCUT2D eigenvalue weighted by atomic mass is 14.9. The Labute approximate surface area is 76.5 Å². The molecule has 1 N–H and O–H groups in total. The number of nitrogens with one attached hydrogen (secondary N) is 1. The van der Waals surface area contributed by atoms with Gasteiger partial charge in [0.1, 0.15) is 0 Å². The molecule has 0 aliphatic carbocycles. The number of aliphatic imine (C=N–C) groups is 1. The molecule has 0 rings (SSSR count). The molecule has 72 valence electrons. The van der Waals surface area contributed by atoms with Crippen LogP contribution < -0.4 is 5.32 Å². The van der Waals surface area contributed by atoms with Crippen molar-refractivity contribution in [3.8, 4) is 0 Å². The average Bonchev–Trinajstić information content (AvgIpc) is 2.03. The molecule has 0 saturated carbocycles. The van der Waals surface area contributed by atoms with Crippen molar-refractivity contribution in [2.24, 2.45) is 10.9 Å². The normalized spacial score (nSPS) is 14.4. The van der Waals surface area contributed by atoms with E-state index in [1.54, 1.807) is 0 Å². The quantitative estimate of drug-likeness (QED) is 0.479. The minimum absolute atomic E-state index is 0.446. The van der Waals surface area contributed by atoms with Gasteiger partial charge >= 0.3 is 0 Å². The van der Waals surface area contributed by atoms with Crippen LogP contribution in [-0.2, 0) is 0 Å². The van der Waals surface area contributed by atoms with E-state index in [9.17, 15) is 0 Å². The van der Waals surface area contributed by atoms with E-state index < -0.39 is 0 Å². The van der Waals surface area contributed by atoms with Gasteiger partial charge in [-0.15, -0.1) is 0 Å². The number of unbranched alkanes of at least 4 members (excludes halogenated alkanes) is 1. The zero-order valence-electron chi connectivity index (χ0n) is 8.80. The predicted molar refractivity (Wildman–Crippen MR) is 56.0 cm³/mol. The summed E-state index contributed by atoms with van der Waals surface area (Å²) in [6, 6.07) is 0.446. The molecule has 0 spiro atoms. The van der Waals surface area contributed by atoms with Crippen LogP contribution in [0.1, 0.15) is 33.6 Å². The summed E-state index contributed by atoms with van der Waals surface area (Å²) < 4.78 is 0. The Morgan fingerprint density at radius 2 is 2.08 bits per heavy atom. The number of nitrogens with zero attached hydrogens (tertiary/aromatic N) is 1. The lowest BCUT2D eigenvalue weighted by molar-refractivity contribution is 0.485. The maximum absolute atomic E-state index is 4.05. The van der Waals surface area contributed by atoms with Crippen molar-refractivity contribution in [2.45, 2.75) is 39.7 Å². The summed E-state index contributed by atoms with van der Waals surface area (Å²) in [6.45, 7) is 7.74. The van der Waals surface area contributed by atoms with Crippen molar-refractivity contribution in [2.75, 3.05) is 13.6 Å². The lowest BCUT2D eigenvalue weighted by Crippen LogP contribution is -2.35. The fourth-order valence-electron chi connectivity index (χ4n) is 1.07. The van der Waals surface area contributed by atoms with Gasteiger partial charge in [-0.3, -0.25) is 4.99 Å². The van der Waals surface area contributed by atoms with Gasteiger partial charge in [-0.2, -0.15) is 0 Å². The number of rotatable bonds is 6. The fraction of sp³-hybridized carbons (Fsp3) is 0.900. The van der Waals surface area contributed by atoms with E-state index in [-0.39, 0.29) is 0 Å². The molecule has 0 radical (unpaired) electrons. The van der Waals surface area contributed by atoms with E-state index in [0.717, 1.165) is 6.54 Å². The zero-order chi connectivity index (χ0) is 9.40. The number of hydrogen-bond acceptors (Lipinski definition) is 2. The van der Waals surface area contributed by atoms with Crippen molar-refractivity contribution in [3.05, 3.63) is 0 Å². The van der Waals surface area contributed by atoms with Gasteiger partial charge in [-0.1, -0.05) is 27.2 Å². The van der Waals surface area contributed by atoms with E-state index in [2.05, 4.69) is 31.1 Å². The van der Waals surface area contributed by atoms with Crippen LogP contribution in [0, 0.1) is 5.92 Å². The largest absolute Gasteiger partial charge is 0.309 e. The van der Waals surface area contributed by atoms with Crippen LogP contribution in [0.25, 0.3) is 0 Å². The molecule has 0 bridgehead atoms. The van der Waals surface area contributed by atoms with Gasteiger partial charge < -0.3 is 5.32 Å². The van der Waals surface area contributed by atoms with Crippen molar-refractivity contribution in [3.63, 3.8) is 0 Å². The highest BCUT2D eigenvalue weighted by Gasteiger charge is 2.07. The Balaban J connectivity index is 3.64. The minimum atomic E-state index is 0.446. The van der Waals surface area contributed by atoms with Crippen LogP contribution in [0.4, 0.5) is 0 Å². The van der Waals surface area contributed by atoms with E-state index in [4.69, 9.17) is 0 Å². The molecule has 0 heterocycles. The predicted octanol–water partition coefficient (Wildman–Crippen LogP) is 2.10. The summed E-state index contributed by atoms with van der Waals surface area (Å²) in [4.78, 5) is 4.05. The molecule has 0 aromatic rings. The maximum atomic E-state index is 4.05. The number of hydrogen-bond donors (Lipinski definition) is 1. The Bertz CT molecular complexity index is 119. The molecule has 0 aliphatic heterocycles. The monoisotopic (exact) mass is 170 g/mol. The van der Waals surface area contributed by atoms with Crippen LogP contribution >= 0.6 is 0 Å². The minimum Gasteiger partial charge on any atom is -0.309 e. The molecular weight excluding hydrogens is 148 g/mol. The molecule has 1 atom stereocenters. The van der Waals surface area contributed by atoms with Gasteiger partial charge in [0.2, 0.25) is 0 Å². The third-order valence-corrected chi connectivity index (χ3v) is 1.94. The molecule has 2 nitrogen and oxygen atoms in total. The summed E-state index contributed by atoms with van der Waals surface area (Å²) in [5.41, 5.74) is 0. The third-order valence-electron chi connectivity index (χ3n) is 1.94. The fourth-order valence-corrected chi connectivity index (χ4v) is 1.07. The van der Waals surface area contributed by atoms with Gasteiger partial charge in [0.25, 0.3) is 0 Å². The van der Waals surface area contributed by atoms with Crippen LogP contribution in [0.5, 0.6) is 0 Å². The first kappa shape index (κ1) is 11.6. The molecular formula is C10H22N2. The first-order valence-electron chi connectivity index (χ1n) is 4.88. The third kappa shape index (κ3) is 5.30. The van der Waals surface area contributed by atoms with Gasteiger partial charge in [-0.05, 0) is 18.9 Å². The summed E-state index contributed by atoms with van der Waals surface area (Å²) in [5, 5.41) is 3.47. The van der Waals surface area contributed by atoms with Gasteiger partial charge in [0.15, 0.2) is 0 Å². The lowest BCUT2D eigenvalue weighted by atomic mass is 10.1. The standard InChI is InChI=1S/C10H22N2/c1-5-6-7-12-10(8-11-4)9(2)3/h8-10,12H,5-7H2,1-4H3/b11-8+. The Morgan fingerprint density at radius 1 is 1.42 bits per heavy atom. The van der Waals surface area contributed by atoms with Gasteiger partial charge in [0, 0.05) is 19.3 Å². The van der Waals surface area contributed by atoms with Crippen LogP contribution in [0.2, 0.25) is 0 Å². The second kappa shape index (κ2) is 7.29. The van der Waals surface area contributed by atoms with Crippen molar-refractivity contribution >= 4 is 6.21 Å².